The third kappa shape index (κ3) is 4.21. The van der Waals surface area contributed by atoms with Crippen LogP contribution < -0.4 is 4.74 Å². The van der Waals surface area contributed by atoms with Crippen LogP contribution in [0.4, 0.5) is 0 Å². The summed E-state index contributed by atoms with van der Waals surface area (Å²) in [6.45, 7) is 4.52. The molecule has 0 amide bonds. The van der Waals surface area contributed by atoms with Crippen LogP contribution in [0, 0.1) is 0 Å². The molecule has 0 aromatic carbocycles. The SMILES string of the molecule is CCCCCCC(C)c1ccc(OC)nc1. The molecule has 0 saturated heterocycles. The first-order valence-electron chi connectivity index (χ1n) is 6.27. The second kappa shape index (κ2) is 7.26. The molecule has 0 spiro atoms. The number of rotatable bonds is 7. The Morgan fingerprint density at radius 2 is 2.06 bits per heavy atom. The van der Waals surface area contributed by atoms with E-state index < -0.39 is 0 Å². The van der Waals surface area contributed by atoms with E-state index in [0.29, 0.717) is 11.8 Å². The zero-order valence-corrected chi connectivity index (χ0v) is 10.7. The summed E-state index contributed by atoms with van der Waals surface area (Å²) in [5.41, 5.74) is 1.32. The van der Waals surface area contributed by atoms with Crippen LogP contribution in [0.25, 0.3) is 0 Å². The molecule has 2 heteroatoms. The molecule has 0 aliphatic heterocycles. The predicted octanol–water partition coefficient (Wildman–Crippen LogP) is 4.16. The van der Waals surface area contributed by atoms with Crippen LogP contribution in [-0.2, 0) is 0 Å². The molecular formula is C14H23NO. The molecule has 1 aromatic rings. The Morgan fingerprint density at radius 3 is 2.62 bits per heavy atom. The Morgan fingerprint density at radius 1 is 1.25 bits per heavy atom. The molecule has 0 N–H and O–H groups in total. The largest absolute Gasteiger partial charge is 0.481 e. The van der Waals surface area contributed by atoms with Crippen LogP contribution in [0.1, 0.15) is 57.4 Å². The smallest absolute Gasteiger partial charge is 0.212 e. The molecule has 0 aliphatic carbocycles. The molecule has 16 heavy (non-hydrogen) atoms. The van der Waals surface area contributed by atoms with E-state index in [4.69, 9.17) is 4.74 Å². The summed E-state index contributed by atoms with van der Waals surface area (Å²) in [6, 6.07) is 4.06. The molecule has 1 heterocycles. The van der Waals surface area contributed by atoms with Crippen LogP contribution in [0.15, 0.2) is 18.3 Å². The Kier molecular flexibility index (Phi) is 5.91. The molecule has 0 bridgehead atoms. The third-order valence-electron chi connectivity index (χ3n) is 3.03. The number of hydrogen-bond donors (Lipinski definition) is 0. The Bertz CT molecular complexity index is 281. The van der Waals surface area contributed by atoms with Crippen molar-refractivity contribution in [2.75, 3.05) is 7.11 Å². The highest BCUT2D eigenvalue weighted by atomic mass is 16.5. The van der Waals surface area contributed by atoms with Gasteiger partial charge in [0, 0.05) is 12.3 Å². The fourth-order valence-electron chi connectivity index (χ4n) is 1.85. The summed E-state index contributed by atoms with van der Waals surface area (Å²) >= 11 is 0. The Hall–Kier alpha value is -1.05. The number of aromatic nitrogens is 1. The minimum Gasteiger partial charge on any atom is -0.481 e. The van der Waals surface area contributed by atoms with Gasteiger partial charge in [-0.1, -0.05) is 45.6 Å². The van der Waals surface area contributed by atoms with E-state index in [1.165, 1.54) is 37.7 Å². The predicted molar refractivity (Wildman–Crippen MR) is 68.0 cm³/mol. The molecule has 2 nitrogen and oxygen atoms in total. The summed E-state index contributed by atoms with van der Waals surface area (Å²) in [5.74, 6) is 1.30. The van der Waals surface area contributed by atoms with Gasteiger partial charge in [-0.25, -0.2) is 4.98 Å². The molecule has 0 aliphatic rings. The van der Waals surface area contributed by atoms with Gasteiger partial charge in [0.25, 0.3) is 0 Å². The van der Waals surface area contributed by atoms with Crippen molar-refractivity contribution < 1.29 is 4.74 Å². The maximum atomic E-state index is 5.05. The van der Waals surface area contributed by atoms with E-state index in [9.17, 15) is 0 Å². The van der Waals surface area contributed by atoms with Crippen molar-refractivity contribution >= 4 is 0 Å². The van der Waals surface area contributed by atoms with Gasteiger partial charge < -0.3 is 4.74 Å². The van der Waals surface area contributed by atoms with Crippen LogP contribution >= 0.6 is 0 Å². The van der Waals surface area contributed by atoms with Gasteiger partial charge in [-0.05, 0) is 17.9 Å². The first-order chi connectivity index (χ1) is 7.77. The molecule has 1 rings (SSSR count). The molecule has 0 radical (unpaired) electrons. The summed E-state index contributed by atoms with van der Waals surface area (Å²) in [6.07, 6.45) is 8.52. The average Bonchev–Trinajstić information content (AvgIpc) is 2.34. The fraction of sp³-hybridized carbons (Fsp3) is 0.643. The standard InChI is InChI=1S/C14H23NO/c1-4-5-6-7-8-12(2)13-9-10-14(16-3)15-11-13/h9-12H,4-8H2,1-3H3. The topological polar surface area (TPSA) is 22.1 Å². The first kappa shape index (κ1) is 13.0. The van der Waals surface area contributed by atoms with Crippen molar-refractivity contribution in [2.45, 2.75) is 51.9 Å². The minimum atomic E-state index is 0.607. The quantitative estimate of drug-likeness (QED) is 0.645. The summed E-state index contributed by atoms with van der Waals surface area (Å²) < 4.78 is 5.05. The molecular weight excluding hydrogens is 198 g/mol. The molecule has 1 atom stereocenters. The molecule has 0 fully saturated rings. The van der Waals surface area contributed by atoms with Crippen molar-refractivity contribution in [3.05, 3.63) is 23.9 Å². The Balaban J connectivity index is 2.37. The highest BCUT2D eigenvalue weighted by Crippen LogP contribution is 2.22. The monoisotopic (exact) mass is 221 g/mol. The fourth-order valence-corrected chi connectivity index (χ4v) is 1.85. The van der Waals surface area contributed by atoms with Crippen molar-refractivity contribution in [3.8, 4) is 5.88 Å². The van der Waals surface area contributed by atoms with E-state index in [1.54, 1.807) is 7.11 Å². The van der Waals surface area contributed by atoms with Gasteiger partial charge in [-0.3, -0.25) is 0 Å². The van der Waals surface area contributed by atoms with Gasteiger partial charge in [0.15, 0.2) is 0 Å². The van der Waals surface area contributed by atoms with E-state index in [1.807, 2.05) is 12.3 Å². The van der Waals surface area contributed by atoms with Crippen LogP contribution in [0.2, 0.25) is 0 Å². The van der Waals surface area contributed by atoms with Gasteiger partial charge >= 0.3 is 0 Å². The minimum absolute atomic E-state index is 0.607. The normalized spacial score (nSPS) is 12.4. The van der Waals surface area contributed by atoms with Gasteiger partial charge in [0.2, 0.25) is 5.88 Å². The van der Waals surface area contributed by atoms with E-state index >= 15 is 0 Å². The second-order valence-electron chi connectivity index (χ2n) is 4.38. The zero-order chi connectivity index (χ0) is 11.8. The highest BCUT2D eigenvalue weighted by Gasteiger charge is 2.05. The van der Waals surface area contributed by atoms with Gasteiger partial charge in [0.05, 0.1) is 7.11 Å². The number of methoxy groups -OCH3 is 1. The second-order valence-corrected chi connectivity index (χ2v) is 4.38. The number of ether oxygens (including phenoxy) is 1. The van der Waals surface area contributed by atoms with Crippen LogP contribution in [0.5, 0.6) is 5.88 Å². The van der Waals surface area contributed by atoms with Gasteiger partial charge in [-0.15, -0.1) is 0 Å². The summed E-state index contributed by atoms with van der Waals surface area (Å²) in [4.78, 5) is 4.24. The number of unbranched alkanes of at least 4 members (excludes halogenated alkanes) is 3. The maximum Gasteiger partial charge on any atom is 0.212 e. The van der Waals surface area contributed by atoms with Crippen molar-refractivity contribution in [2.24, 2.45) is 0 Å². The van der Waals surface area contributed by atoms with E-state index in [2.05, 4.69) is 24.9 Å². The number of nitrogens with zero attached hydrogens (tertiary/aromatic N) is 1. The zero-order valence-electron chi connectivity index (χ0n) is 10.7. The lowest BCUT2D eigenvalue weighted by molar-refractivity contribution is 0.397. The molecule has 90 valence electrons. The third-order valence-corrected chi connectivity index (χ3v) is 3.03. The highest BCUT2D eigenvalue weighted by molar-refractivity contribution is 5.20. The first-order valence-corrected chi connectivity index (χ1v) is 6.27. The van der Waals surface area contributed by atoms with Gasteiger partial charge in [0.1, 0.15) is 0 Å². The lowest BCUT2D eigenvalue weighted by atomic mass is 9.96. The summed E-state index contributed by atoms with van der Waals surface area (Å²) in [5, 5.41) is 0. The Labute approximate surface area is 99.0 Å². The van der Waals surface area contributed by atoms with Crippen LogP contribution in [-0.4, -0.2) is 12.1 Å². The van der Waals surface area contributed by atoms with E-state index in [0.717, 1.165) is 0 Å². The molecule has 1 unspecified atom stereocenters. The van der Waals surface area contributed by atoms with Gasteiger partial charge in [-0.2, -0.15) is 0 Å². The van der Waals surface area contributed by atoms with Crippen LogP contribution in [0.3, 0.4) is 0 Å². The molecule has 1 aromatic heterocycles. The lowest BCUT2D eigenvalue weighted by Gasteiger charge is -2.11. The van der Waals surface area contributed by atoms with Crippen molar-refractivity contribution in [1.82, 2.24) is 4.98 Å². The lowest BCUT2D eigenvalue weighted by Crippen LogP contribution is -1.96. The average molecular weight is 221 g/mol. The summed E-state index contributed by atoms with van der Waals surface area (Å²) in [7, 11) is 1.65. The number of pyridine rings is 1. The number of hydrogen-bond acceptors (Lipinski definition) is 2. The van der Waals surface area contributed by atoms with Crippen molar-refractivity contribution in [3.63, 3.8) is 0 Å². The molecule has 0 saturated carbocycles. The van der Waals surface area contributed by atoms with E-state index in [-0.39, 0.29) is 0 Å². The maximum absolute atomic E-state index is 5.05. The van der Waals surface area contributed by atoms with Crippen molar-refractivity contribution in [1.29, 1.82) is 0 Å².